The minimum atomic E-state index is -0.0532. The van der Waals surface area contributed by atoms with Crippen LogP contribution in [0.4, 0.5) is 0 Å². The van der Waals surface area contributed by atoms with Crippen LogP contribution in [0.25, 0.3) is 0 Å². The molecule has 74 valence electrons. The van der Waals surface area contributed by atoms with Gasteiger partial charge < -0.3 is 10.1 Å². The van der Waals surface area contributed by atoms with Gasteiger partial charge in [0.25, 0.3) is 0 Å². The van der Waals surface area contributed by atoms with Gasteiger partial charge in [-0.2, -0.15) is 0 Å². The molecule has 0 saturated carbocycles. The number of ether oxygens (including phenoxy) is 1. The van der Waals surface area contributed by atoms with Gasteiger partial charge in [-0.1, -0.05) is 0 Å². The molecule has 0 atom stereocenters. The second kappa shape index (κ2) is 9.08. The van der Waals surface area contributed by atoms with Crippen molar-refractivity contribution in [2.45, 2.75) is 26.2 Å². The third-order valence-corrected chi connectivity index (χ3v) is 1.51. The molecule has 0 aromatic rings. The van der Waals surface area contributed by atoms with E-state index in [1.807, 2.05) is 6.92 Å². The molecule has 0 unspecified atom stereocenters. The highest BCUT2D eigenvalue weighted by atomic mass is 16.5. The first kappa shape index (κ1) is 12.0. The van der Waals surface area contributed by atoms with Crippen molar-refractivity contribution in [3.05, 3.63) is 0 Å². The van der Waals surface area contributed by atoms with E-state index in [0.717, 1.165) is 19.3 Å². The molecule has 1 amide bonds. The summed E-state index contributed by atoms with van der Waals surface area (Å²) in [6.45, 7) is 3.28. The highest BCUT2D eigenvalue weighted by molar-refractivity contribution is 5.77. The Morgan fingerprint density at radius 2 is 2.31 bits per heavy atom. The zero-order valence-electron chi connectivity index (χ0n) is 8.14. The van der Waals surface area contributed by atoms with E-state index in [-0.39, 0.29) is 12.5 Å². The van der Waals surface area contributed by atoms with Crippen LogP contribution in [0.2, 0.25) is 0 Å². The van der Waals surface area contributed by atoms with Gasteiger partial charge in [-0.25, -0.2) is 0 Å². The van der Waals surface area contributed by atoms with Crippen LogP contribution in [0.15, 0.2) is 0 Å². The molecule has 0 radical (unpaired) electrons. The van der Waals surface area contributed by atoms with Crippen molar-refractivity contribution in [2.24, 2.45) is 0 Å². The summed E-state index contributed by atoms with van der Waals surface area (Å²) >= 11 is 0. The molecule has 0 heterocycles. The van der Waals surface area contributed by atoms with Gasteiger partial charge in [0.1, 0.15) is 6.61 Å². The van der Waals surface area contributed by atoms with Crippen LogP contribution in [0.1, 0.15) is 26.2 Å². The number of rotatable bonds is 7. The van der Waals surface area contributed by atoms with E-state index >= 15 is 0 Å². The van der Waals surface area contributed by atoms with Crippen molar-refractivity contribution < 1.29 is 9.53 Å². The summed E-state index contributed by atoms with van der Waals surface area (Å²) in [5.74, 6) is 2.50. The predicted molar refractivity (Wildman–Crippen MR) is 52.2 cm³/mol. The second-order valence-electron chi connectivity index (χ2n) is 2.65. The standard InChI is InChI=1S/C10H17NO2/c1-3-5-6-7-8-11-10(12)9-13-4-2/h1H,4-9H2,2H3,(H,11,12). The fraction of sp³-hybridized carbons (Fsp3) is 0.700. The lowest BCUT2D eigenvalue weighted by atomic mass is 10.2. The quantitative estimate of drug-likeness (QED) is 0.471. The lowest BCUT2D eigenvalue weighted by Crippen LogP contribution is -2.28. The van der Waals surface area contributed by atoms with Gasteiger partial charge in [0, 0.05) is 19.6 Å². The number of amides is 1. The van der Waals surface area contributed by atoms with Crippen LogP contribution in [-0.4, -0.2) is 25.7 Å². The molecule has 3 nitrogen and oxygen atoms in total. The van der Waals surface area contributed by atoms with E-state index in [0.29, 0.717) is 13.2 Å². The van der Waals surface area contributed by atoms with Crippen molar-refractivity contribution >= 4 is 5.91 Å². The van der Waals surface area contributed by atoms with E-state index in [1.165, 1.54) is 0 Å². The highest BCUT2D eigenvalue weighted by Gasteiger charge is 1.98. The summed E-state index contributed by atoms with van der Waals surface area (Å²) in [6, 6.07) is 0. The monoisotopic (exact) mass is 183 g/mol. The van der Waals surface area contributed by atoms with E-state index < -0.39 is 0 Å². The number of hydrogen-bond acceptors (Lipinski definition) is 2. The van der Waals surface area contributed by atoms with Gasteiger partial charge in [0.2, 0.25) is 5.91 Å². The van der Waals surface area contributed by atoms with E-state index in [1.54, 1.807) is 0 Å². The van der Waals surface area contributed by atoms with Crippen LogP contribution in [-0.2, 0) is 9.53 Å². The maximum absolute atomic E-state index is 11.0. The fourth-order valence-electron chi connectivity index (χ4n) is 0.826. The van der Waals surface area contributed by atoms with Crippen molar-refractivity contribution in [2.75, 3.05) is 19.8 Å². The minimum absolute atomic E-state index is 0.0532. The number of terminal acetylenes is 1. The summed E-state index contributed by atoms with van der Waals surface area (Å²) in [6.07, 6.45) is 7.75. The van der Waals surface area contributed by atoms with E-state index in [2.05, 4.69) is 11.2 Å². The highest BCUT2D eigenvalue weighted by Crippen LogP contribution is 1.90. The van der Waals surface area contributed by atoms with Crippen LogP contribution >= 0.6 is 0 Å². The molecular formula is C10H17NO2. The number of unbranched alkanes of at least 4 members (excludes halogenated alkanes) is 2. The zero-order valence-corrected chi connectivity index (χ0v) is 8.14. The molecule has 0 rings (SSSR count). The molecule has 3 heteroatoms. The molecule has 0 spiro atoms. The lowest BCUT2D eigenvalue weighted by molar-refractivity contribution is -0.125. The molecule has 0 saturated heterocycles. The van der Waals surface area contributed by atoms with Gasteiger partial charge in [-0.15, -0.1) is 12.3 Å². The third-order valence-electron chi connectivity index (χ3n) is 1.51. The summed E-state index contributed by atoms with van der Waals surface area (Å²) in [7, 11) is 0. The molecule has 0 aliphatic carbocycles. The first-order chi connectivity index (χ1) is 6.31. The fourth-order valence-corrected chi connectivity index (χ4v) is 0.826. The summed E-state index contributed by atoms with van der Waals surface area (Å²) in [5.41, 5.74) is 0. The Hall–Kier alpha value is -1.01. The van der Waals surface area contributed by atoms with Gasteiger partial charge >= 0.3 is 0 Å². The normalized spacial score (nSPS) is 9.23. The van der Waals surface area contributed by atoms with Crippen molar-refractivity contribution in [1.82, 2.24) is 5.32 Å². The molecule has 1 N–H and O–H groups in total. The average molecular weight is 183 g/mol. The Balaban J connectivity index is 3.13. The predicted octanol–water partition coefficient (Wildman–Crippen LogP) is 0.943. The summed E-state index contributed by atoms with van der Waals surface area (Å²) in [5, 5.41) is 2.74. The minimum Gasteiger partial charge on any atom is -0.372 e. The Labute approximate surface area is 79.8 Å². The van der Waals surface area contributed by atoms with Crippen molar-refractivity contribution in [3.8, 4) is 12.3 Å². The first-order valence-corrected chi connectivity index (χ1v) is 4.59. The summed E-state index contributed by atoms with van der Waals surface area (Å²) in [4.78, 5) is 11.0. The van der Waals surface area contributed by atoms with Gasteiger partial charge in [0.05, 0.1) is 0 Å². The largest absolute Gasteiger partial charge is 0.372 e. The Bertz CT molecular complexity index is 172. The molecule has 0 aromatic carbocycles. The number of hydrogen-bond donors (Lipinski definition) is 1. The van der Waals surface area contributed by atoms with E-state index in [9.17, 15) is 4.79 Å². The third kappa shape index (κ3) is 8.90. The average Bonchev–Trinajstić information content (AvgIpc) is 2.14. The van der Waals surface area contributed by atoms with Crippen molar-refractivity contribution in [1.29, 1.82) is 0 Å². The lowest BCUT2D eigenvalue weighted by Gasteiger charge is -2.03. The molecule has 0 aromatic heterocycles. The molecular weight excluding hydrogens is 166 g/mol. The Kier molecular flexibility index (Phi) is 8.38. The SMILES string of the molecule is C#CCCCCNC(=O)COCC. The molecule has 0 aliphatic heterocycles. The zero-order chi connectivity index (χ0) is 9.94. The van der Waals surface area contributed by atoms with Crippen LogP contribution in [0.5, 0.6) is 0 Å². The number of carbonyl (C=O) groups is 1. The summed E-state index contributed by atoms with van der Waals surface area (Å²) < 4.78 is 4.93. The van der Waals surface area contributed by atoms with Crippen LogP contribution in [0.3, 0.4) is 0 Å². The van der Waals surface area contributed by atoms with Crippen LogP contribution in [0, 0.1) is 12.3 Å². The Morgan fingerprint density at radius 1 is 1.54 bits per heavy atom. The van der Waals surface area contributed by atoms with Gasteiger partial charge in [-0.3, -0.25) is 4.79 Å². The smallest absolute Gasteiger partial charge is 0.245 e. The maximum Gasteiger partial charge on any atom is 0.245 e. The number of carbonyl (C=O) groups excluding carboxylic acids is 1. The van der Waals surface area contributed by atoms with E-state index in [4.69, 9.17) is 11.2 Å². The second-order valence-corrected chi connectivity index (χ2v) is 2.65. The van der Waals surface area contributed by atoms with Gasteiger partial charge in [-0.05, 0) is 19.8 Å². The maximum atomic E-state index is 11.0. The van der Waals surface area contributed by atoms with Crippen molar-refractivity contribution in [3.63, 3.8) is 0 Å². The van der Waals surface area contributed by atoms with Crippen LogP contribution < -0.4 is 5.32 Å². The molecule has 0 bridgehead atoms. The molecule has 0 fully saturated rings. The van der Waals surface area contributed by atoms with Gasteiger partial charge in [0.15, 0.2) is 0 Å². The molecule has 13 heavy (non-hydrogen) atoms. The number of nitrogens with one attached hydrogen (secondary N) is 1. The molecule has 0 aliphatic rings. The first-order valence-electron chi connectivity index (χ1n) is 4.59. The Morgan fingerprint density at radius 3 is 2.92 bits per heavy atom. The topological polar surface area (TPSA) is 38.3 Å².